The molecule has 36 heavy (non-hydrogen) atoms. The molecule has 0 radical (unpaired) electrons. The van der Waals surface area contributed by atoms with Crippen molar-refractivity contribution in [2.45, 2.75) is 33.1 Å². The molecule has 1 aromatic heterocycles. The first-order valence-corrected chi connectivity index (χ1v) is 11.8. The molecule has 0 fully saturated rings. The van der Waals surface area contributed by atoms with Crippen molar-refractivity contribution in [3.63, 3.8) is 0 Å². The molecule has 0 aliphatic carbocycles. The quantitative estimate of drug-likeness (QED) is 0.293. The molecule has 184 valence electrons. The van der Waals surface area contributed by atoms with Gasteiger partial charge < -0.3 is 19.6 Å². The Balaban J connectivity index is 1.46. The van der Waals surface area contributed by atoms with Crippen LogP contribution < -0.4 is 10.1 Å². The minimum absolute atomic E-state index is 0.0390. The predicted octanol–water partition coefficient (Wildman–Crippen LogP) is 5.85. The zero-order valence-corrected chi connectivity index (χ0v) is 20.3. The number of hydrogen-bond acceptors (Lipinski definition) is 5. The maximum Gasteiger partial charge on any atom is 0.303 e. The molecule has 0 saturated heterocycles. The van der Waals surface area contributed by atoms with Gasteiger partial charge in [-0.2, -0.15) is 0 Å². The smallest absolute Gasteiger partial charge is 0.303 e. The molecule has 2 N–H and O–H groups in total. The molecular weight excluding hydrogens is 456 g/mol. The van der Waals surface area contributed by atoms with E-state index in [0.29, 0.717) is 42.3 Å². The van der Waals surface area contributed by atoms with Crippen LogP contribution in [0.15, 0.2) is 77.2 Å². The third kappa shape index (κ3) is 6.39. The fourth-order valence-corrected chi connectivity index (χ4v) is 3.83. The molecule has 1 heterocycles. The number of amides is 1. The van der Waals surface area contributed by atoms with E-state index in [1.165, 1.54) is 0 Å². The van der Waals surface area contributed by atoms with Gasteiger partial charge in [-0.05, 0) is 56.2 Å². The Morgan fingerprint density at radius 2 is 1.78 bits per heavy atom. The van der Waals surface area contributed by atoms with Crippen molar-refractivity contribution in [2.24, 2.45) is 0 Å². The van der Waals surface area contributed by atoms with Crippen molar-refractivity contribution in [3.05, 3.63) is 101 Å². The number of carboxylic acids is 1. The molecule has 7 nitrogen and oxygen atoms in total. The van der Waals surface area contributed by atoms with Crippen LogP contribution in [-0.2, 0) is 17.6 Å². The van der Waals surface area contributed by atoms with Gasteiger partial charge in [0.15, 0.2) is 0 Å². The highest BCUT2D eigenvalue weighted by Crippen LogP contribution is 2.26. The fourth-order valence-electron chi connectivity index (χ4n) is 3.83. The number of aliphatic carboxylic acids is 1. The summed E-state index contributed by atoms with van der Waals surface area (Å²) in [5.74, 6) is 0.723. The summed E-state index contributed by atoms with van der Waals surface area (Å²) in [4.78, 5) is 28.5. The Kier molecular flexibility index (Phi) is 7.80. The van der Waals surface area contributed by atoms with Crippen LogP contribution in [0.25, 0.3) is 11.5 Å². The molecule has 4 aromatic rings. The number of carbonyl (C=O) groups is 2. The standard InChI is InChI=1S/C29H28N2O5/c1-19-7-6-10-23(17-19)28(34)30-26-18-24(13-11-21(26)12-14-27(32)33)35-16-15-25-20(2)36-29(31-25)22-8-4-3-5-9-22/h3-11,13,17-18H,12,14-16H2,1-2H3,(H,30,34)(H,32,33). The summed E-state index contributed by atoms with van der Waals surface area (Å²) in [5, 5.41) is 12.0. The van der Waals surface area contributed by atoms with Gasteiger partial charge in [-0.3, -0.25) is 9.59 Å². The SMILES string of the molecule is Cc1cccc(C(=O)Nc2cc(OCCc3nc(-c4ccccc4)oc3C)ccc2CCC(=O)O)c1. The molecule has 0 spiro atoms. The number of aromatic nitrogens is 1. The highest BCUT2D eigenvalue weighted by atomic mass is 16.5. The summed E-state index contributed by atoms with van der Waals surface area (Å²) in [6.07, 6.45) is 0.802. The van der Waals surface area contributed by atoms with E-state index >= 15 is 0 Å². The summed E-state index contributed by atoms with van der Waals surface area (Å²) in [6, 6.07) is 22.3. The average molecular weight is 485 g/mol. The van der Waals surface area contributed by atoms with Gasteiger partial charge in [0.05, 0.1) is 12.3 Å². The van der Waals surface area contributed by atoms with E-state index in [4.69, 9.17) is 14.3 Å². The molecule has 0 aliphatic rings. The highest BCUT2D eigenvalue weighted by molar-refractivity contribution is 6.04. The van der Waals surface area contributed by atoms with Crippen molar-refractivity contribution in [1.82, 2.24) is 4.98 Å². The first-order chi connectivity index (χ1) is 17.4. The largest absolute Gasteiger partial charge is 0.493 e. The number of oxazole rings is 1. The van der Waals surface area contributed by atoms with Gasteiger partial charge in [-0.1, -0.05) is 42.0 Å². The fraction of sp³-hybridized carbons (Fsp3) is 0.207. The lowest BCUT2D eigenvalue weighted by molar-refractivity contribution is -0.136. The van der Waals surface area contributed by atoms with Gasteiger partial charge in [0.1, 0.15) is 11.5 Å². The van der Waals surface area contributed by atoms with E-state index in [1.807, 2.05) is 56.3 Å². The minimum Gasteiger partial charge on any atom is -0.493 e. The molecule has 0 bridgehead atoms. The predicted molar refractivity (Wildman–Crippen MR) is 137 cm³/mol. The van der Waals surface area contributed by atoms with Crippen LogP contribution in [0.5, 0.6) is 5.75 Å². The molecule has 0 saturated carbocycles. The second kappa shape index (κ2) is 11.4. The minimum atomic E-state index is -0.899. The molecule has 7 heteroatoms. The summed E-state index contributed by atoms with van der Waals surface area (Å²) in [5.41, 5.74) is 4.50. The monoisotopic (exact) mass is 484 g/mol. The Bertz CT molecular complexity index is 1360. The van der Waals surface area contributed by atoms with E-state index in [1.54, 1.807) is 30.3 Å². The van der Waals surface area contributed by atoms with E-state index in [2.05, 4.69) is 10.3 Å². The van der Waals surface area contributed by atoms with E-state index in [-0.39, 0.29) is 12.3 Å². The van der Waals surface area contributed by atoms with E-state index < -0.39 is 5.97 Å². The number of nitrogens with zero attached hydrogens (tertiary/aromatic N) is 1. The Labute approximate surface area is 209 Å². The third-order valence-electron chi connectivity index (χ3n) is 5.74. The van der Waals surface area contributed by atoms with Gasteiger partial charge in [0, 0.05) is 35.7 Å². The maximum absolute atomic E-state index is 12.8. The summed E-state index contributed by atoms with van der Waals surface area (Å²) >= 11 is 0. The summed E-state index contributed by atoms with van der Waals surface area (Å²) in [7, 11) is 0. The van der Waals surface area contributed by atoms with Crippen LogP contribution in [-0.4, -0.2) is 28.6 Å². The molecule has 3 aromatic carbocycles. The Hall–Kier alpha value is -4.39. The van der Waals surface area contributed by atoms with Gasteiger partial charge in [-0.15, -0.1) is 0 Å². The van der Waals surface area contributed by atoms with Crippen LogP contribution in [0.1, 0.15) is 39.4 Å². The number of hydrogen-bond donors (Lipinski definition) is 2. The number of carbonyl (C=O) groups excluding carboxylic acids is 1. The molecule has 1 amide bonds. The van der Waals surface area contributed by atoms with Crippen LogP contribution in [0.4, 0.5) is 5.69 Å². The van der Waals surface area contributed by atoms with Crippen LogP contribution in [0, 0.1) is 13.8 Å². The van der Waals surface area contributed by atoms with Crippen molar-refractivity contribution < 1.29 is 23.8 Å². The lowest BCUT2D eigenvalue weighted by Crippen LogP contribution is -2.14. The molecule has 0 unspecified atom stereocenters. The van der Waals surface area contributed by atoms with Gasteiger partial charge in [-0.25, -0.2) is 4.98 Å². The highest BCUT2D eigenvalue weighted by Gasteiger charge is 2.14. The lowest BCUT2D eigenvalue weighted by Gasteiger charge is -2.14. The first kappa shape index (κ1) is 24.7. The van der Waals surface area contributed by atoms with Crippen molar-refractivity contribution >= 4 is 17.6 Å². The summed E-state index contributed by atoms with van der Waals surface area (Å²) in [6.45, 7) is 4.16. The topological polar surface area (TPSA) is 102 Å². The van der Waals surface area contributed by atoms with Crippen LogP contribution >= 0.6 is 0 Å². The maximum atomic E-state index is 12.8. The number of rotatable bonds is 10. The van der Waals surface area contributed by atoms with E-state index in [0.717, 1.165) is 28.1 Å². The number of carboxylic acid groups (broad SMARTS) is 1. The number of aryl methyl sites for hydroxylation is 3. The van der Waals surface area contributed by atoms with Gasteiger partial charge in [0.2, 0.25) is 5.89 Å². The zero-order chi connectivity index (χ0) is 25.5. The molecule has 0 atom stereocenters. The molecule has 4 rings (SSSR count). The van der Waals surface area contributed by atoms with Gasteiger partial charge >= 0.3 is 5.97 Å². The normalized spacial score (nSPS) is 10.7. The van der Waals surface area contributed by atoms with Crippen molar-refractivity contribution in [2.75, 3.05) is 11.9 Å². The lowest BCUT2D eigenvalue weighted by atomic mass is 10.1. The third-order valence-corrected chi connectivity index (χ3v) is 5.74. The van der Waals surface area contributed by atoms with Crippen LogP contribution in [0.2, 0.25) is 0 Å². The van der Waals surface area contributed by atoms with Crippen molar-refractivity contribution in [1.29, 1.82) is 0 Å². The van der Waals surface area contributed by atoms with Crippen molar-refractivity contribution in [3.8, 4) is 17.2 Å². The molecule has 0 aliphatic heterocycles. The first-order valence-electron chi connectivity index (χ1n) is 11.8. The second-order valence-electron chi connectivity index (χ2n) is 8.52. The Morgan fingerprint density at radius 3 is 2.53 bits per heavy atom. The van der Waals surface area contributed by atoms with E-state index in [9.17, 15) is 9.59 Å². The Morgan fingerprint density at radius 1 is 0.972 bits per heavy atom. The zero-order valence-electron chi connectivity index (χ0n) is 20.3. The number of benzene rings is 3. The molecular formula is C29H28N2O5. The van der Waals surface area contributed by atoms with Gasteiger partial charge in [0.25, 0.3) is 5.91 Å². The average Bonchev–Trinajstić information content (AvgIpc) is 3.24. The number of anilines is 1. The summed E-state index contributed by atoms with van der Waals surface area (Å²) < 4.78 is 11.8. The number of ether oxygens (including phenoxy) is 1. The second-order valence-corrected chi connectivity index (χ2v) is 8.52. The number of nitrogens with one attached hydrogen (secondary N) is 1. The van der Waals surface area contributed by atoms with Crippen LogP contribution in [0.3, 0.4) is 0 Å².